The maximum atomic E-state index is 14.6. The molecule has 3 fully saturated rings. The number of likely N-dealkylation sites (N-methyl/N-ethyl adjacent to an activating group) is 2. The molecule has 0 amide bonds. The molecule has 4 heterocycles. The van der Waals surface area contributed by atoms with Crippen LogP contribution in [0.15, 0.2) is 35.4 Å². The van der Waals surface area contributed by atoms with Crippen molar-refractivity contribution in [3.63, 3.8) is 0 Å². The predicted molar refractivity (Wildman–Crippen MR) is 270 cm³/mol. The zero-order valence-corrected chi connectivity index (χ0v) is 46.2. The Bertz CT molecular complexity index is 2130. The molecule has 1 aromatic heterocycles. The molecule has 72 heavy (non-hydrogen) atoms. The van der Waals surface area contributed by atoms with E-state index < -0.39 is 112 Å². The van der Waals surface area contributed by atoms with Gasteiger partial charge in [-0.1, -0.05) is 45.0 Å². The lowest BCUT2D eigenvalue weighted by Crippen LogP contribution is -2.60. The molecular formula is C52H89N5O14S. The number of hydrogen-bond donors (Lipinski definition) is 5. The third-order valence-electron chi connectivity index (χ3n) is 16.1. The highest BCUT2D eigenvalue weighted by molar-refractivity contribution is 7.90. The van der Waals surface area contributed by atoms with E-state index in [0.29, 0.717) is 38.9 Å². The van der Waals surface area contributed by atoms with Crippen LogP contribution in [0, 0.1) is 17.8 Å². The second-order valence-corrected chi connectivity index (χ2v) is 24.1. The highest BCUT2D eigenvalue weighted by Gasteiger charge is 2.52. The zero-order valence-electron chi connectivity index (χ0n) is 45.4. The standard InChI is InChI=1S/C52H89N5O14S/c1-15-42-52(63,16-2)45(59)35(7)56(12)28-31(3)26-50(9,62)47(33(5)44(34(6)48(61)70-42)67-30-39-27-51(10,66-13)46(60)36(8)69-39)71-49-43(58)41(25-32(4)68-49)55(11)23-22-38-29-57(54-53-38)24-21-37-17-19-40(20-18-37)72(14,64)65/h17-20,29,31-36,39,41-47,49,58-60,62-63H,15-16,21-28,30H2,1-14H3/t31-,32-,33+,34-,35-,36+,39-,41+,42-,43-,44+,45-,46+,47-,49+,50-,51-,52-/m1/s1. The van der Waals surface area contributed by atoms with Crippen molar-refractivity contribution in [2.24, 2.45) is 17.8 Å². The van der Waals surface area contributed by atoms with Crippen molar-refractivity contribution in [2.45, 2.75) is 216 Å². The number of esters is 1. The van der Waals surface area contributed by atoms with Crippen molar-refractivity contribution < 1.29 is 67.2 Å². The van der Waals surface area contributed by atoms with E-state index >= 15 is 0 Å². The molecule has 20 heteroatoms. The fourth-order valence-corrected chi connectivity index (χ4v) is 12.0. The topological polar surface area (TPSA) is 245 Å². The first-order valence-electron chi connectivity index (χ1n) is 26.0. The number of aryl methyl sites for hydroxylation is 2. The smallest absolute Gasteiger partial charge is 0.311 e. The molecular weight excluding hydrogens is 951 g/mol. The number of aliphatic hydroxyl groups is 5. The number of ether oxygens (including phenoxy) is 6. The summed E-state index contributed by atoms with van der Waals surface area (Å²) < 4.78 is 63.9. The zero-order chi connectivity index (χ0) is 53.7. The number of sulfone groups is 1. The number of carbonyl (C=O) groups is 1. The van der Waals surface area contributed by atoms with Crippen molar-refractivity contribution in [1.82, 2.24) is 24.8 Å². The first-order valence-corrected chi connectivity index (χ1v) is 27.9. The van der Waals surface area contributed by atoms with Gasteiger partial charge in [0.25, 0.3) is 0 Å². The number of carbonyl (C=O) groups excluding carboxylic acids is 1. The fraction of sp³-hybridized carbons (Fsp3) is 0.827. The number of aromatic nitrogens is 3. The minimum atomic E-state index is -3.28. The monoisotopic (exact) mass is 1040 g/mol. The van der Waals surface area contributed by atoms with E-state index in [9.17, 15) is 38.7 Å². The van der Waals surface area contributed by atoms with Gasteiger partial charge in [0.15, 0.2) is 16.1 Å². The molecule has 19 nitrogen and oxygen atoms in total. The highest BCUT2D eigenvalue weighted by atomic mass is 32.2. The van der Waals surface area contributed by atoms with Crippen molar-refractivity contribution in [2.75, 3.05) is 47.2 Å². The minimum absolute atomic E-state index is 0.0215. The summed E-state index contributed by atoms with van der Waals surface area (Å²) in [5.41, 5.74) is -2.61. The molecule has 2 aromatic rings. The predicted octanol–water partition coefficient (Wildman–Crippen LogP) is 3.18. The van der Waals surface area contributed by atoms with Crippen molar-refractivity contribution in [3.8, 4) is 0 Å². The molecule has 412 valence electrons. The van der Waals surface area contributed by atoms with Crippen LogP contribution in [0.1, 0.15) is 113 Å². The van der Waals surface area contributed by atoms with E-state index in [1.807, 2.05) is 59.8 Å². The van der Waals surface area contributed by atoms with E-state index in [4.69, 9.17) is 28.4 Å². The summed E-state index contributed by atoms with van der Waals surface area (Å²) in [5, 5.41) is 68.8. The molecule has 3 aliphatic heterocycles. The Hall–Kier alpha value is -2.70. The maximum absolute atomic E-state index is 14.6. The Labute approximate surface area is 428 Å². The van der Waals surface area contributed by atoms with Crippen molar-refractivity contribution in [3.05, 3.63) is 41.7 Å². The lowest BCUT2D eigenvalue weighted by atomic mass is 9.77. The number of cyclic esters (lactones) is 1. The molecule has 18 atom stereocenters. The van der Waals surface area contributed by atoms with Gasteiger partial charge < -0.3 is 63.8 Å². The van der Waals surface area contributed by atoms with Crippen LogP contribution in [0.25, 0.3) is 0 Å². The van der Waals surface area contributed by atoms with E-state index in [1.165, 1.54) is 13.4 Å². The van der Waals surface area contributed by atoms with Crippen LogP contribution in [-0.2, 0) is 62.4 Å². The Morgan fingerprint density at radius 3 is 2.24 bits per heavy atom. The van der Waals surface area contributed by atoms with Crippen LogP contribution in [0.3, 0.4) is 0 Å². The van der Waals surface area contributed by atoms with Gasteiger partial charge in [-0.25, -0.2) is 8.42 Å². The number of benzene rings is 1. The van der Waals surface area contributed by atoms with Crippen LogP contribution in [0.2, 0.25) is 0 Å². The molecule has 1 aromatic carbocycles. The van der Waals surface area contributed by atoms with Gasteiger partial charge in [0.1, 0.15) is 30.0 Å². The molecule has 0 radical (unpaired) electrons. The molecule has 3 saturated heterocycles. The molecule has 0 saturated carbocycles. The first kappa shape index (κ1) is 60.2. The van der Waals surface area contributed by atoms with Crippen LogP contribution < -0.4 is 0 Å². The van der Waals surface area contributed by atoms with E-state index in [2.05, 4.69) is 15.2 Å². The molecule has 5 N–H and O–H groups in total. The van der Waals surface area contributed by atoms with Gasteiger partial charge in [0.2, 0.25) is 0 Å². The Balaban J connectivity index is 1.41. The van der Waals surface area contributed by atoms with Crippen LogP contribution >= 0.6 is 0 Å². The van der Waals surface area contributed by atoms with E-state index in [0.717, 1.165) is 11.3 Å². The second-order valence-electron chi connectivity index (χ2n) is 22.1. The van der Waals surface area contributed by atoms with Gasteiger partial charge in [-0.3, -0.25) is 9.48 Å². The summed E-state index contributed by atoms with van der Waals surface area (Å²) in [5.74, 6) is -2.66. The second kappa shape index (κ2) is 25.0. The quantitative estimate of drug-likeness (QED) is 0.152. The fourth-order valence-electron chi connectivity index (χ4n) is 11.4. The Morgan fingerprint density at radius 1 is 0.958 bits per heavy atom. The van der Waals surface area contributed by atoms with Gasteiger partial charge in [-0.05, 0) is 111 Å². The van der Waals surface area contributed by atoms with Gasteiger partial charge in [0.05, 0.1) is 64.8 Å². The van der Waals surface area contributed by atoms with Gasteiger partial charge >= 0.3 is 5.97 Å². The van der Waals surface area contributed by atoms with Crippen molar-refractivity contribution >= 4 is 15.8 Å². The molecule has 5 rings (SSSR count). The lowest BCUT2D eigenvalue weighted by Gasteiger charge is -2.48. The Kier molecular flexibility index (Phi) is 20.9. The number of rotatable bonds is 16. The summed E-state index contributed by atoms with van der Waals surface area (Å²) in [6.45, 7) is 19.5. The minimum Gasteiger partial charge on any atom is -0.459 e. The SMILES string of the molecule is CC[C@H]1OC(=O)[C@H](C)[C@@H](OC[C@H]2C[C@@](C)(OC)[C@@H](O)[C@H](C)O2)[C@H](C)[C@@H](O[C@@H]2O[C@H](C)C[C@H](N(C)CCc3cn(CCc4ccc(S(C)(=O)=O)cc4)nn3)[C@H]2O)[C@](C)(O)C[C@@H](C)CN(C)[C@H](C)[C@@H](O)[C@@]1(O)CC. The largest absolute Gasteiger partial charge is 0.459 e. The molecule has 3 aliphatic rings. The van der Waals surface area contributed by atoms with E-state index in [1.54, 1.807) is 63.6 Å². The summed E-state index contributed by atoms with van der Waals surface area (Å²) in [4.78, 5) is 18.8. The number of nitrogens with zero attached hydrogens (tertiary/aromatic N) is 5. The third-order valence-corrected chi connectivity index (χ3v) is 17.2. The summed E-state index contributed by atoms with van der Waals surface area (Å²) in [6.07, 6.45) is -3.72. The number of methoxy groups -OCH3 is 1. The molecule has 0 spiro atoms. The molecule has 0 bridgehead atoms. The van der Waals surface area contributed by atoms with Crippen molar-refractivity contribution in [1.29, 1.82) is 0 Å². The summed E-state index contributed by atoms with van der Waals surface area (Å²) >= 11 is 0. The van der Waals surface area contributed by atoms with E-state index in [-0.39, 0.29) is 49.2 Å². The number of aliphatic hydroxyl groups excluding tert-OH is 3. The lowest BCUT2D eigenvalue weighted by molar-refractivity contribution is -0.301. The third kappa shape index (κ3) is 14.4. The number of hydrogen-bond acceptors (Lipinski definition) is 18. The molecule has 0 unspecified atom stereocenters. The average Bonchev–Trinajstić information content (AvgIpc) is 3.79. The van der Waals surface area contributed by atoms with Gasteiger partial charge in [0, 0.05) is 70.0 Å². The van der Waals surface area contributed by atoms with Crippen LogP contribution in [0.5, 0.6) is 0 Å². The van der Waals surface area contributed by atoms with Gasteiger partial charge in [-0.15, -0.1) is 5.10 Å². The Morgan fingerprint density at radius 2 is 1.62 bits per heavy atom. The molecule has 0 aliphatic carbocycles. The van der Waals surface area contributed by atoms with Gasteiger partial charge in [-0.2, -0.15) is 0 Å². The highest BCUT2D eigenvalue weighted by Crippen LogP contribution is 2.39. The maximum Gasteiger partial charge on any atom is 0.311 e. The first-order chi connectivity index (χ1) is 33.6. The van der Waals surface area contributed by atoms with Crippen LogP contribution in [0.4, 0.5) is 0 Å². The van der Waals surface area contributed by atoms with Crippen LogP contribution in [-0.4, -0.2) is 202 Å². The summed E-state index contributed by atoms with van der Waals surface area (Å²) in [6, 6.07) is 5.83. The normalized spacial score (nSPS) is 39.3. The summed E-state index contributed by atoms with van der Waals surface area (Å²) in [7, 11) is 2.03. The average molecular weight is 1040 g/mol.